The van der Waals surface area contributed by atoms with Crippen molar-refractivity contribution >= 4 is 15.9 Å². The highest BCUT2D eigenvalue weighted by molar-refractivity contribution is 7.89. The second-order valence-electron chi connectivity index (χ2n) is 9.45. The average Bonchev–Trinajstić information content (AvgIpc) is 3.40. The maximum absolute atomic E-state index is 13.1. The van der Waals surface area contributed by atoms with Gasteiger partial charge in [0.15, 0.2) is 5.82 Å². The Bertz CT molecular complexity index is 1060. The summed E-state index contributed by atoms with van der Waals surface area (Å²) in [6.07, 6.45) is 4.04. The number of amides is 1. The third-order valence-electron chi connectivity index (χ3n) is 6.06. The minimum absolute atomic E-state index is 0.100. The Kier molecular flexibility index (Phi) is 5.91. The second-order valence-corrected chi connectivity index (χ2v) is 11.4. The van der Waals surface area contributed by atoms with Gasteiger partial charge in [0.1, 0.15) is 0 Å². The molecule has 2 aliphatic rings. The first-order valence-electron chi connectivity index (χ1n) is 10.9. The Morgan fingerprint density at radius 2 is 1.90 bits per heavy atom. The zero-order valence-corrected chi connectivity index (χ0v) is 19.2. The maximum atomic E-state index is 13.1. The summed E-state index contributed by atoms with van der Waals surface area (Å²) in [5.41, 5.74) is 2.16. The van der Waals surface area contributed by atoms with Crippen molar-refractivity contribution in [3.63, 3.8) is 0 Å². The molecule has 1 N–H and O–H groups in total. The molecule has 2 aromatic rings. The first kappa shape index (κ1) is 22.0. The number of sulfonamides is 1. The topological polar surface area (TPSA) is 105 Å². The molecule has 0 unspecified atom stereocenters. The molecule has 1 aliphatic carbocycles. The SMILES string of the molecule is CC(C)(C)c1nc(CNC(=O)C2CCN(S(=O)(=O)c3ccc4c(c3)CCC4)CC2)no1. The number of rotatable bonds is 5. The lowest BCUT2D eigenvalue weighted by Crippen LogP contribution is -2.42. The highest BCUT2D eigenvalue weighted by Gasteiger charge is 2.32. The first-order valence-corrected chi connectivity index (χ1v) is 12.3. The van der Waals surface area contributed by atoms with Crippen molar-refractivity contribution in [1.82, 2.24) is 19.8 Å². The van der Waals surface area contributed by atoms with E-state index in [1.165, 1.54) is 9.87 Å². The van der Waals surface area contributed by atoms with E-state index in [1.807, 2.05) is 32.9 Å². The number of fused-ring (bicyclic) bond motifs is 1. The van der Waals surface area contributed by atoms with Crippen LogP contribution in [0.25, 0.3) is 0 Å². The summed E-state index contributed by atoms with van der Waals surface area (Å²) >= 11 is 0. The molecular weight excluding hydrogens is 416 g/mol. The van der Waals surface area contributed by atoms with E-state index in [-0.39, 0.29) is 23.8 Å². The van der Waals surface area contributed by atoms with Gasteiger partial charge in [-0.05, 0) is 55.4 Å². The van der Waals surface area contributed by atoms with Gasteiger partial charge in [-0.1, -0.05) is 32.0 Å². The molecule has 2 heterocycles. The fraction of sp³-hybridized carbons (Fsp3) is 0.591. The number of nitrogens with one attached hydrogen (secondary N) is 1. The number of hydrogen-bond acceptors (Lipinski definition) is 6. The van der Waals surface area contributed by atoms with Crippen LogP contribution in [0.5, 0.6) is 0 Å². The summed E-state index contributed by atoms with van der Waals surface area (Å²) in [5, 5.41) is 6.77. The molecule has 1 fully saturated rings. The predicted molar refractivity (Wildman–Crippen MR) is 115 cm³/mol. The molecule has 0 saturated carbocycles. The van der Waals surface area contributed by atoms with E-state index in [1.54, 1.807) is 6.07 Å². The van der Waals surface area contributed by atoms with Crippen LogP contribution in [0.2, 0.25) is 0 Å². The Morgan fingerprint density at radius 1 is 1.19 bits per heavy atom. The smallest absolute Gasteiger partial charge is 0.243 e. The van der Waals surface area contributed by atoms with Gasteiger partial charge < -0.3 is 9.84 Å². The number of aromatic nitrogens is 2. The van der Waals surface area contributed by atoms with Crippen LogP contribution < -0.4 is 5.32 Å². The molecule has 1 aliphatic heterocycles. The largest absolute Gasteiger partial charge is 0.348 e. The number of carbonyl (C=O) groups is 1. The van der Waals surface area contributed by atoms with E-state index in [0.717, 1.165) is 24.8 Å². The fourth-order valence-corrected chi connectivity index (χ4v) is 5.68. The Morgan fingerprint density at radius 3 is 2.58 bits per heavy atom. The third kappa shape index (κ3) is 4.67. The lowest BCUT2D eigenvalue weighted by molar-refractivity contribution is -0.126. The van der Waals surface area contributed by atoms with E-state index in [2.05, 4.69) is 15.5 Å². The van der Waals surface area contributed by atoms with Gasteiger partial charge in [-0.3, -0.25) is 4.79 Å². The number of piperidine rings is 1. The van der Waals surface area contributed by atoms with Crippen LogP contribution in [0.1, 0.15) is 62.9 Å². The number of hydrogen-bond donors (Lipinski definition) is 1. The molecule has 168 valence electrons. The maximum Gasteiger partial charge on any atom is 0.243 e. The zero-order valence-electron chi connectivity index (χ0n) is 18.3. The van der Waals surface area contributed by atoms with Crippen molar-refractivity contribution in [2.75, 3.05) is 13.1 Å². The van der Waals surface area contributed by atoms with Gasteiger partial charge in [0.25, 0.3) is 0 Å². The van der Waals surface area contributed by atoms with E-state index in [9.17, 15) is 13.2 Å². The summed E-state index contributed by atoms with van der Waals surface area (Å²) in [5.74, 6) is 0.647. The molecule has 31 heavy (non-hydrogen) atoms. The van der Waals surface area contributed by atoms with Gasteiger partial charge in [0.05, 0.1) is 11.4 Å². The van der Waals surface area contributed by atoms with Gasteiger partial charge in [-0.25, -0.2) is 8.42 Å². The Hall–Kier alpha value is -2.26. The molecule has 0 radical (unpaired) electrons. The van der Waals surface area contributed by atoms with Crippen LogP contribution in [0.4, 0.5) is 0 Å². The summed E-state index contributed by atoms with van der Waals surface area (Å²) < 4.78 is 32.9. The average molecular weight is 447 g/mol. The van der Waals surface area contributed by atoms with Crippen molar-refractivity contribution in [3.05, 3.63) is 41.0 Å². The van der Waals surface area contributed by atoms with Crippen LogP contribution in [0, 0.1) is 5.92 Å². The standard InChI is InChI=1S/C22H30N4O4S/c1-22(2,3)21-24-19(25-30-21)14-23-20(27)16-9-11-26(12-10-16)31(28,29)18-8-7-15-5-4-6-17(15)13-18/h7-8,13,16H,4-6,9-12,14H2,1-3H3,(H,23,27). The molecule has 1 saturated heterocycles. The quantitative estimate of drug-likeness (QED) is 0.757. The van der Waals surface area contributed by atoms with Gasteiger partial charge in [-0.2, -0.15) is 9.29 Å². The van der Waals surface area contributed by atoms with E-state index >= 15 is 0 Å². The van der Waals surface area contributed by atoms with E-state index in [0.29, 0.717) is 42.5 Å². The summed E-state index contributed by atoms with van der Waals surface area (Å²) in [6.45, 7) is 6.82. The van der Waals surface area contributed by atoms with Crippen LogP contribution in [0.15, 0.2) is 27.6 Å². The van der Waals surface area contributed by atoms with E-state index in [4.69, 9.17) is 4.52 Å². The number of aryl methyl sites for hydroxylation is 2. The predicted octanol–water partition coefficient (Wildman–Crippen LogP) is 2.57. The molecular formula is C22H30N4O4S. The number of carbonyl (C=O) groups excluding carboxylic acids is 1. The Labute approximate surface area is 183 Å². The van der Waals surface area contributed by atoms with Gasteiger partial charge >= 0.3 is 0 Å². The highest BCUT2D eigenvalue weighted by Crippen LogP contribution is 2.28. The van der Waals surface area contributed by atoms with Crippen LogP contribution in [-0.4, -0.2) is 41.9 Å². The summed E-state index contributed by atoms with van der Waals surface area (Å²) in [7, 11) is -3.53. The van der Waals surface area contributed by atoms with Crippen molar-refractivity contribution < 1.29 is 17.7 Å². The molecule has 8 nitrogen and oxygen atoms in total. The van der Waals surface area contributed by atoms with E-state index < -0.39 is 10.0 Å². The Balaban J connectivity index is 1.31. The van der Waals surface area contributed by atoms with Crippen molar-refractivity contribution in [1.29, 1.82) is 0 Å². The van der Waals surface area contributed by atoms with Crippen molar-refractivity contribution in [2.45, 2.75) is 69.7 Å². The molecule has 0 bridgehead atoms. The lowest BCUT2D eigenvalue weighted by Gasteiger charge is -2.30. The number of nitrogens with zero attached hydrogens (tertiary/aromatic N) is 3. The van der Waals surface area contributed by atoms with Gasteiger partial charge in [0, 0.05) is 24.4 Å². The van der Waals surface area contributed by atoms with Gasteiger partial charge in [-0.15, -0.1) is 0 Å². The first-order chi connectivity index (χ1) is 14.6. The van der Waals surface area contributed by atoms with Crippen molar-refractivity contribution in [3.8, 4) is 0 Å². The summed E-state index contributed by atoms with van der Waals surface area (Å²) in [6, 6.07) is 5.49. The molecule has 1 amide bonds. The van der Waals surface area contributed by atoms with Crippen LogP contribution in [0.3, 0.4) is 0 Å². The molecule has 1 aromatic carbocycles. The second kappa shape index (κ2) is 8.35. The molecule has 4 rings (SSSR count). The van der Waals surface area contributed by atoms with Crippen molar-refractivity contribution in [2.24, 2.45) is 5.92 Å². The van der Waals surface area contributed by atoms with Gasteiger partial charge in [0.2, 0.25) is 21.8 Å². The molecule has 0 atom stereocenters. The summed E-state index contributed by atoms with van der Waals surface area (Å²) in [4.78, 5) is 17.2. The lowest BCUT2D eigenvalue weighted by atomic mass is 9.97. The third-order valence-corrected chi connectivity index (χ3v) is 7.96. The molecule has 9 heteroatoms. The number of benzene rings is 1. The fourth-order valence-electron chi connectivity index (χ4n) is 4.16. The monoisotopic (exact) mass is 446 g/mol. The van der Waals surface area contributed by atoms with Crippen LogP contribution >= 0.6 is 0 Å². The van der Waals surface area contributed by atoms with Crippen LogP contribution in [-0.2, 0) is 39.6 Å². The molecule has 0 spiro atoms. The minimum atomic E-state index is -3.53. The normalized spacial score (nSPS) is 18.2. The highest BCUT2D eigenvalue weighted by atomic mass is 32.2. The molecule has 1 aromatic heterocycles. The zero-order chi connectivity index (χ0) is 22.2. The minimum Gasteiger partial charge on any atom is -0.348 e.